The Kier molecular flexibility index (Phi) is 11.6. The lowest BCUT2D eigenvalue weighted by molar-refractivity contribution is 0.0532. The molecule has 1 aliphatic rings. The van der Waals surface area contributed by atoms with Crippen molar-refractivity contribution >= 4 is 0 Å². The number of ether oxygens (including phenoxy) is 1. The van der Waals surface area contributed by atoms with Crippen molar-refractivity contribution in [2.45, 2.75) is 53.2 Å². The van der Waals surface area contributed by atoms with Crippen LogP contribution in [-0.4, -0.2) is 37.7 Å². The Labute approximate surface area is 96.3 Å². The largest absolute Gasteiger partial charge is 0.380 e. The van der Waals surface area contributed by atoms with Gasteiger partial charge in [0.05, 0.1) is 6.10 Å². The van der Waals surface area contributed by atoms with Crippen LogP contribution in [0.5, 0.6) is 0 Å². The normalized spacial score (nSPS) is 22.3. The van der Waals surface area contributed by atoms with Crippen LogP contribution in [0, 0.1) is 0 Å². The molecule has 2 atom stereocenters. The fraction of sp³-hybridized carbons (Fsp3) is 0.846. The summed E-state index contributed by atoms with van der Waals surface area (Å²) in [5, 5.41) is 0. The molecule has 1 aliphatic heterocycles. The highest BCUT2D eigenvalue weighted by molar-refractivity contribution is 5.08. The summed E-state index contributed by atoms with van der Waals surface area (Å²) >= 11 is 0. The lowest BCUT2D eigenvalue weighted by Gasteiger charge is -2.24. The molecule has 0 amide bonds. The van der Waals surface area contributed by atoms with Crippen molar-refractivity contribution in [2.75, 3.05) is 20.7 Å². The van der Waals surface area contributed by atoms with Crippen LogP contribution in [-0.2, 0) is 4.74 Å². The first kappa shape index (κ1) is 17.1. The van der Waals surface area contributed by atoms with Crippen LogP contribution in [0.25, 0.3) is 0 Å². The van der Waals surface area contributed by atoms with Crippen molar-refractivity contribution < 1.29 is 4.74 Å². The number of methoxy groups -OCH3 is 1. The average molecular weight is 215 g/mol. The molecular weight excluding hydrogens is 186 g/mol. The smallest absolute Gasteiger partial charge is 0.0701 e. The molecule has 0 aliphatic carbocycles. The van der Waals surface area contributed by atoms with Crippen molar-refractivity contribution in [1.29, 1.82) is 0 Å². The molecule has 2 unspecified atom stereocenters. The molecule has 2 heteroatoms. The van der Waals surface area contributed by atoms with Gasteiger partial charge in [-0.15, -0.1) is 0 Å². The van der Waals surface area contributed by atoms with Gasteiger partial charge in [-0.1, -0.05) is 39.8 Å². The summed E-state index contributed by atoms with van der Waals surface area (Å²) in [6.07, 6.45) is 1.41. The van der Waals surface area contributed by atoms with Crippen molar-refractivity contribution in [1.82, 2.24) is 4.90 Å². The van der Waals surface area contributed by atoms with Gasteiger partial charge in [-0.05, 0) is 20.4 Å². The van der Waals surface area contributed by atoms with Gasteiger partial charge in [-0.25, -0.2) is 0 Å². The van der Waals surface area contributed by atoms with Crippen molar-refractivity contribution in [3.8, 4) is 0 Å². The molecule has 1 fully saturated rings. The van der Waals surface area contributed by atoms with Gasteiger partial charge >= 0.3 is 0 Å². The number of likely N-dealkylation sites (N-methyl/N-ethyl adjacent to an activating group) is 1. The van der Waals surface area contributed by atoms with Gasteiger partial charge in [0.1, 0.15) is 0 Å². The highest BCUT2D eigenvalue weighted by Crippen LogP contribution is 2.22. The Morgan fingerprint density at radius 1 is 1.33 bits per heavy atom. The molecule has 1 saturated heterocycles. The average Bonchev–Trinajstić information content (AvgIpc) is 2.62. The lowest BCUT2D eigenvalue weighted by Crippen LogP contribution is -2.35. The minimum absolute atomic E-state index is 0.319. The molecule has 1 rings (SSSR count). The molecule has 0 bridgehead atoms. The van der Waals surface area contributed by atoms with E-state index in [1.54, 1.807) is 7.11 Å². The van der Waals surface area contributed by atoms with E-state index in [1.165, 1.54) is 5.57 Å². The van der Waals surface area contributed by atoms with Crippen LogP contribution in [0.4, 0.5) is 0 Å². The minimum Gasteiger partial charge on any atom is -0.380 e. The Balaban J connectivity index is 0. The zero-order valence-electron chi connectivity index (χ0n) is 11.6. The molecule has 0 aromatic carbocycles. The van der Waals surface area contributed by atoms with Crippen LogP contribution >= 0.6 is 0 Å². The van der Waals surface area contributed by atoms with E-state index in [0.29, 0.717) is 12.1 Å². The van der Waals surface area contributed by atoms with E-state index in [-0.39, 0.29) is 0 Å². The predicted octanol–water partition coefficient (Wildman–Crippen LogP) is 3.33. The first-order valence-corrected chi connectivity index (χ1v) is 6.05. The first-order chi connectivity index (χ1) is 7.15. The number of hydrogen-bond donors (Lipinski definition) is 0. The quantitative estimate of drug-likeness (QED) is 0.655. The second-order valence-corrected chi connectivity index (χ2v) is 3.38. The molecule has 0 aromatic rings. The van der Waals surface area contributed by atoms with Crippen LogP contribution < -0.4 is 0 Å². The maximum Gasteiger partial charge on any atom is 0.0701 e. The van der Waals surface area contributed by atoms with Crippen LogP contribution in [0.1, 0.15) is 41.0 Å². The van der Waals surface area contributed by atoms with Crippen molar-refractivity contribution in [2.24, 2.45) is 0 Å². The molecule has 1 heterocycles. The first-order valence-electron chi connectivity index (χ1n) is 6.05. The van der Waals surface area contributed by atoms with Crippen LogP contribution in [0.2, 0.25) is 0 Å². The molecule has 15 heavy (non-hydrogen) atoms. The second-order valence-electron chi connectivity index (χ2n) is 3.38. The van der Waals surface area contributed by atoms with Crippen molar-refractivity contribution in [3.63, 3.8) is 0 Å². The third kappa shape index (κ3) is 5.95. The van der Waals surface area contributed by atoms with Gasteiger partial charge < -0.3 is 4.74 Å². The number of nitrogens with zero attached hydrogens (tertiary/aromatic N) is 1. The molecule has 2 nitrogen and oxygen atoms in total. The standard InChI is InChI=1S/C9H17NO.2C2H6/c1-7-5-9(8(2)11-4)10(3)6-7;2*1-2/h8-9H,1,5-6H2,2-4H3;2*1-2H3. The summed E-state index contributed by atoms with van der Waals surface area (Å²) in [7, 11) is 3.89. The highest BCUT2D eigenvalue weighted by atomic mass is 16.5. The zero-order valence-corrected chi connectivity index (χ0v) is 11.6. The van der Waals surface area contributed by atoms with Gasteiger partial charge in [0.25, 0.3) is 0 Å². The molecule has 0 saturated carbocycles. The predicted molar refractivity (Wildman–Crippen MR) is 69.3 cm³/mol. The maximum atomic E-state index is 5.27. The second kappa shape index (κ2) is 10.2. The Bertz CT molecular complexity index is 157. The molecular formula is C13H29NO. The fourth-order valence-electron chi connectivity index (χ4n) is 1.67. The SMILES string of the molecule is C=C1CC(C(C)OC)N(C)C1.CC.CC. The van der Waals surface area contributed by atoms with E-state index < -0.39 is 0 Å². The summed E-state index contributed by atoms with van der Waals surface area (Å²) in [5.74, 6) is 0. The topological polar surface area (TPSA) is 12.5 Å². The third-order valence-electron chi connectivity index (χ3n) is 2.45. The van der Waals surface area contributed by atoms with Gasteiger partial charge in [-0.3, -0.25) is 4.90 Å². The van der Waals surface area contributed by atoms with E-state index in [9.17, 15) is 0 Å². The van der Waals surface area contributed by atoms with E-state index in [1.807, 2.05) is 27.7 Å². The zero-order chi connectivity index (χ0) is 12.4. The van der Waals surface area contributed by atoms with Crippen molar-refractivity contribution in [3.05, 3.63) is 12.2 Å². The molecule has 0 spiro atoms. The highest BCUT2D eigenvalue weighted by Gasteiger charge is 2.28. The Hall–Kier alpha value is -0.340. The van der Waals surface area contributed by atoms with E-state index in [0.717, 1.165) is 13.0 Å². The Morgan fingerprint density at radius 2 is 1.80 bits per heavy atom. The summed E-state index contributed by atoms with van der Waals surface area (Å²) in [6.45, 7) is 15.1. The minimum atomic E-state index is 0.319. The van der Waals surface area contributed by atoms with Gasteiger partial charge in [-0.2, -0.15) is 0 Å². The summed E-state index contributed by atoms with van der Waals surface area (Å²) in [4.78, 5) is 2.30. The summed E-state index contributed by atoms with van der Waals surface area (Å²) in [6, 6.07) is 0.535. The Morgan fingerprint density at radius 3 is 2.07 bits per heavy atom. The number of hydrogen-bond acceptors (Lipinski definition) is 2. The van der Waals surface area contributed by atoms with Crippen LogP contribution in [0.15, 0.2) is 12.2 Å². The maximum absolute atomic E-state index is 5.27. The van der Waals surface area contributed by atoms with Gasteiger partial charge in [0.2, 0.25) is 0 Å². The van der Waals surface area contributed by atoms with E-state index >= 15 is 0 Å². The number of likely N-dealkylation sites (tertiary alicyclic amines) is 1. The lowest BCUT2D eigenvalue weighted by atomic mass is 10.1. The van der Waals surface area contributed by atoms with E-state index in [2.05, 4.69) is 25.5 Å². The van der Waals surface area contributed by atoms with Gasteiger partial charge in [0.15, 0.2) is 0 Å². The summed E-state index contributed by atoms with van der Waals surface area (Å²) in [5.41, 5.74) is 1.32. The van der Waals surface area contributed by atoms with E-state index in [4.69, 9.17) is 4.74 Å². The molecule has 0 aromatic heterocycles. The molecule has 0 radical (unpaired) electrons. The van der Waals surface area contributed by atoms with Crippen LogP contribution in [0.3, 0.4) is 0 Å². The van der Waals surface area contributed by atoms with Gasteiger partial charge in [0, 0.05) is 19.7 Å². The molecule has 92 valence electrons. The fourth-order valence-corrected chi connectivity index (χ4v) is 1.67. The third-order valence-corrected chi connectivity index (χ3v) is 2.45. The number of rotatable bonds is 2. The molecule has 0 N–H and O–H groups in total. The summed E-state index contributed by atoms with van der Waals surface area (Å²) < 4.78 is 5.27. The monoisotopic (exact) mass is 215 g/mol.